The number of hydrogen-bond donors (Lipinski definition) is 1. The van der Waals surface area contributed by atoms with Gasteiger partial charge in [0, 0.05) is 31.9 Å². The molecule has 0 aliphatic carbocycles. The topological polar surface area (TPSA) is 21.3 Å². The highest BCUT2D eigenvalue weighted by Gasteiger charge is 2.33. The molecule has 0 aromatic heterocycles. The summed E-state index contributed by atoms with van der Waals surface area (Å²) in [6, 6.07) is 4.21. The van der Waals surface area contributed by atoms with Crippen molar-refractivity contribution in [3.8, 4) is 0 Å². The van der Waals surface area contributed by atoms with Gasteiger partial charge in [0.15, 0.2) is 0 Å². The Balaban J connectivity index is 2.13. The Morgan fingerprint density at radius 2 is 1.75 bits per heavy atom. The zero-order valence-corrected chi connectivity index (χ0v) is 12.2. The van der Waals surface area contributed by atoms with Crippen molar-refractivity contribution < 1.29 is 13.5 Å². The quantitative estimate of drug-likeness (QED) is 0.895. The molecule has 1 aliphatic heterocycles. The van der Waals surface area contributed by atoms with Crippen molar-refractivity contribution in [2.75, 3.05) is 19.8 Å². The third kappa shape index (κ3) is 4.25. The van der Waals surface area contributed by atoms with Gasteiger partial charge in [-0.05, 0) is 42.4 Å². The molecule has 0 amide bonds. The smallest absolute Gasteiger partial charge is 0.126 e. The third-order valence-corrected chi connectivity index (χ3v) is 3.94. The van der Waals surface area contributed by atoms with Crippen molar-refractivity contribution in [2.45, 2.75) is 39.2 Å². The van der Waals surface area contributed by atoms with Crippen molar-refractivity contribution in [2.24, 2.45) is 5.41 Å². The van der Waals surface area contributed by atoms with Crippen LogP contribution in [0.5, 0.6) is 0 Å². The first kappa shape index (κ1) is 15.4. The summed E-state index contributed by atoms with van der Waals surface area (Å²) in [6.07, 6.45) is 2.53. The lowest BCUT2D eigenvalue weighted by atomic mass is 9.75. The summed E-state index contributed by atoms with van der Waals surface area (Å²) >= 11 is 0. The van der Waals surface area contributed by atoms with E-state index < -0.39 is 11.6 Å². The monoisotopic (exact) mass is 283 g/mol. The van der Waals surface area contributed by atoms with Crippen LogP contribution in [-0.4, -0.2) is 25.8 Å². The van der Waals surface area contributed by atoms with E-state index in [1.54, 1.807) is 0 Å². The lowest BCUT2D eigenvalue weighted by Crippen LogP contribution is -2.42. The summed E-state index contributed by atoms with van der Waals surface area (Å²) in [5, 5.41) is 3.46. The van der Waals surface area contributed by atoms with Crippen LogP contribution in [0.15, 0.2) is 18.2 Å². The van der Waals surface area contributed by atoms with Crippen LogP contribution in [0.25, 0.3) is 0 Å². The van der Waals surface area contributed by atoms with E-state index in [4.69, 9.17) is 4.74 Å². The molecule has 1 aliphatic rings. The van der Waals surface area contributed by atoms with Crippen LogP contribution < -0.4 is 5.32 Å². The minimum absolute atomic E-state index is 0.0305. The van der Waals surface area contributed by atoms with Gasteiger partial charge in [0.25, 0.3) is 0 Å². The summed E-state index contributed by atoms with van der Waals surface area (Å²) in [7, 11) is 0. The van der Waals surface area contributed by atoms with Gasteiger partial charge in [-0.15, -0.1) is 0 Å². The van der Waals surface area contributed by atoms with Crippen LogP contribution in [-0.2, 0) is 11.2 Å². The Hall–Kier alpha value is -1.00. The van der Waals surface area contributed by atoms with Crippen molar-refractivity contribution in [1.29, 1.82) is 0 Å². The van der Waals surface area contributed by atoms with Crippen LogP contribution >= 0.6 is 0 Å². The fourth-order valence-corrected chi connectivity index (χ4v) is 2.79. The number of ether oxygens (including phenoxy) is 1. The Morgan fingerprint density at radius 3 is 2.30 bits per heavy atom. The number of hydrogen-bond acceptors (Lipinski definition) is 2. The molecule has 0 unspecified atom stereocenters. The summed E-state index contributed by atoms with van der Waals surface area (Å²) < 4.78 is 32.1. The standard InChI is InChI=1S/C16H23F2NO/c1-12(2)19-11-16(3-5-20-6-4-16)10-13-7-14(17)9-15(18)8-13/h7-9,12,19H,3-6,10-11H2,1-2H3. The maximum atomic E-state index is 13.3. The van der Waals surface area contributed by atoms with Crippen LogP contribution in [0.1, 0.15) is 32.3 Å². The molecule has 0 atom stereocenters. The largest absolute Gasteiger partial charge is 0.381 e. The summed E-state index contributed by atoms with van der Waals surface area (Å²) in [4.78, 5) is 0. The molecular formula is C16H23F2NO. The van der Waals surface area contributed by atoms with Gasteiger partial charge >= 0.3 is 0 Å². The Morgan fingerprint density at radius 1 is 1.15 bits per heavy atom. The minimum atomic E-state index is -0.501. The maximum Gasteiger partial charge on any atom is 0.126 e. The third-order valence-electron chi connectivity index (χ3n) is 3.94. The number of benzene rings is 1. The molecule has 4 heteroatoms. The molecule has 112 valence electrons. The van der Waals surface area contributed by atoms with Crippen LogP contribution in [0.2, 0.25) is 0 Å². The van der Waals surface area contributed by atoms with Crippen LogP contribution in [0.3, 0.4) is 0 Å². The van der Waals surface area contributed by atoms with Crippen molar-refractivity contribution >= 4 is 0 Å². The van der Waals surface area contributed by atoms with E-state index in [1.165, 1.54) is 12.1 Å². The minimum Gasteiger partial charge on any atom is -0.381 e. The summed E-state index contributed by atoms with van der Waals surface area (Å²) in [5.41, 5.74) is 0.762. The van der Waals surface area contributed by atoms with E-state index in [-0.39, 0.29) is 5.41 Å². The number of halogens is 2. The van der Waals surface area contributed by atoms with E-state index >= 15 is 0 Å². The van der Waals surface area contributed by atoms with E-state index in [1.807, 2.05) is 0 Å². The van der Waals surface area contributed by atoms with E-state index in [9.17, 15) is 8.78 Å². The zero-order valence-electron chi connectivity index (χ0n) is 12.2. The van der Waals surface area contributed by atoms with Gasteiger partial charge in [0.2, 0.25) is 0 Å². The molecular weight excluding hydrogens is 260 g/mol. The molecule has 1 N–H and O–H groups in total. The Bertz CT molecular complexity index is 422. The first-order valence-electron chi connectivity index (χ1n) is 7.25. The molecule has 1 heterocycles. The second-order valence-electron chi connectivity index (χ2n) is 6.10. The van der Waals surface area contributed by atoms with E-state index in [0.717, 1.165) is 44.2 Å². The average Bonchev–Trinajstić information content (AvgIpc) is 2.36. The van der Waals surface area contributed by atoms with E-state index in [0.29, 0.717) is 12.5 Å². The van der Waals surface area contributed by atoms with Gasteiger partial charge in [-0.3, -0.25) is 0 Å². The normalized spacial score (nSPS) is 18.4. The first-order chi connectivity index (χ1) is 9.49. The van der Waals surface area contributed by atoms with Gasteiger partial charge < -0.3 is 10.1 Å². The van der Waals surface area contributed by atoms with Crippen molar-refractivity contribution in [3.05, 3.63) is 35.4 Å². The second kappa shape index (κ2) is 6.64. The molecule has 0 saturated carbocycles. The van der Waals surface area contributed by atoms with Crippen LogP contribution in [0.4, 0.5) is 8.78 Å². The number of rotatable bonds is 5. The van der Waals surface area contributed by atoms with Crippen molar-refractivity contribution in [3.63, 3.8) is 0 Å². The predicted molar refractivity (Wildman–Crippen MR) is 75.7 cm³/mol. The van der Waals surface area contributed by atoms with E-state index in [2.05, 4.69) is 19.2 Å². The van der Waals surface area contributed by atoms with Crippen LogP contribution in [0, 0.1) is 17.0 Å². The Labute approximate surface area is 119 Å². The fourth-order valence-electron chi connectivity index (χ4n) is 2.79. The molecule has 0 bridgehead atoms. The van der Waals surface area contributed by atoms with Gasteiger partial charge in [-0.1, -0.05) is 13.8 Å². The molecule has 0 radical (unpaired) electrons. The van der Waals surface area contributed by atoms with Gasteiger partial charge in [-0.25, -0.2) is 8.78 Å². The molecule has 1 saturated heterocycles. The summed E-state index contributed by atoms with van der Waals surface area (Å²) in [6.45, 7) is 6.51. The summed E-state index contributed by atoms with van der Waals surface area (Å²) in [5.74, 6) is -1.00. The molecule has 0 spiro atoms. The molecule has 2 rings (SSSR count). The van der Waals surface area contributed by atoms with Gasteiger partial charge in [0.05, 0.1) is 0 Å². The molecule has 20 heavy (non-hydrogen) atoms. The highest BCUT2D eigenvalue weighted by Crippen LogP contribution is 2.34. The molecule has 1 aromatic carbocycles. The lowest BCUT2D eigenvalue weighted by Gasteiger charge is -2.38. The Kier molecular flexibility index (Phi) is 5.11. The average molecular weight is 283 g/mol. The SMILES string of the molecule is CC(C)NCC1(Cc2cc(F)cc(F)c2)CCOCC1. The highest BCUT2D eigenvalue weighted by molar-refractivity contribution is 5.20. The number of nitrogens with one attached hydrogen (secondary N) is 1. The first-order valence-corrected chi connectivity index (χ1v) is 7.25. The predicted octanol–water partition coefficient (Wildman–Crippen LogP) is 3.30. The molecule has 2 nitrogen and oxygen atoms in total. The van der Waals surface area contributed by atoms with Crippen molar-refractivity contribution in [1.82, 2.24) is 5.32 Å². The second-order valence-corrected chi connectivity index (χ2v) is 6.10. The highest BCUT2D eigenvalue weighted by atomic mass is 19.1. The lowest BCUT2D eigenvalue weighted by molar-refractivity contribution is 0.0140. The van der Waals surface area contributed by atoms with Gasteiger partial charge in [-0.2, -0.15) is 0 Å². The zero-order chi connectivity index (χ0) is 14.6. The maximum absolute atomic E-state index is 13.3. The van der Waals surface area contributed by atoms with Gasteiger partial charge in [0.1, 0.15) is 11.6 Å². The molecule has 1 fully saturated rings. The fraction of sp³-hybridized carbons (Fsp3) is 0.625. The molecule has 1 aromatic rings.